The summed E-state index contributed by atoms with van der Waals surface area (Å²) in [5, 5.41) is 10.2. The number of fused-ring (bicyclic) bond motifs is 1. The van der Waals surface area contributed by atoms with Gasteiger partial charge in [0.15, 0.2) is 0 Å². The molecular weight excluding hydrogens is 254 g/mol. The van der Waals surface area contributed by atoms with E-state index < -0.39 is 11.9 Å². The maximum atomic E-state index is 11.1. The number of hydrogen-bond acceptors (Lipinski definition) is 2. The van der Waals surface area contributed by atoms with Crippen molar-refractivity contribution < 1.29 is 14.6 Å². The topological polar surface area (TPSA) is 51.5 Å². The lowest BCUT2D eigenvalue weighted by Crippen LogP contribution is -2.15. The van der Waals surface area contributed by atoms with Gasteiger partial charge in [0.1, 0.15) is 5.75 Å². The zero-order valence-corrected chi connectivity index (χ0v) is 12.4. The van der Waals surface area contributed by atoms with E-state index in [1.807, 2.05) is 18.2 Å². The van der Waals surface area contributed by atoms with Crippen LogP contribution in [0, 0.1) is 5.92 Å². The highest BCUT2D eigenvalue weighted by atomic mass is 16.5. The molecule has 1 atom stereocenters. The molecule has 0 aliphatic carbocycles. The summed E-state index contributed by atoms with van der Waals surface area (Å²) in [7, 11) is 1.65. The first-order valence-corrected chi connectivity index (χ1v) is 6.84. The molecule has 2 aromatic rings. The van der Waals surface area contributed by atoms with Crippen LogP contribution in [0.1, 0.15) is 32.5 Å². The molecule has 0 aliphatic rings. The largest absolute Gasteiger partial charge is 0.497 e. The van der Waals surface area contributed by atoms with Crippen LogP contribution in [0.5, 0.6) is 5.75 Å². The molecule has 0 amide bonds. The van der Waals surface area contributed by atoms with Gasteiger partial charge in [0.05, 0.1) is 13.0 Å². The zero-order valence-electron chi connectivity index (χ0n) is 12.4. The molecule has 0 saturated carbocycles. The number of carboxylic acids is 1. The number of aliphatic carboxylic acids is 1. The van der Waals surface area contributed by atoms with E-state index in [0.29, 0.717) is 6.42 Å². The van der Waals surface area contributed by atoms with Crippen LogP contribution in [0.4, 0.5) is 0 Å². The quantitative estimate of drug-likeness (QED) is 0.908. The summed E-state index contributed by atoms with van der Waals surface area (Å²) >= 11 is 0. The fourth-order valence-electron chi connectivity index (χ4n) is 2.57. The number of nitrogens with zero attached hydrogens (tertiary/aromatic N) is 1. The Kier molecular flexibility index (Phi) is 4.02. The smallest absolute Gasteiger partial charge is 0.306 e. The Bertz CT molecular complexity index is 628. The number of hydrogen-bond donors (Lipinski definition) is 1. The number of benzene rings is 1. The second kappa shape index (κ2) is 5.57. The Labute approximate surface area is 119 Å². The molecule has 4 heteroatoms. The molecule has 4 nitrogen and oxygen atoms in total. The van der Waals surface area contributed by atoms with Crippen molar-refractivity contribution in [3.05, 3.63) is 30.0 Å². The third-order valence-electron chi connectivity index (χ3n) is 3.58. The van der Waals surface area contributed by atoms with Crippen molar-refractivity contribution in [2.45, 2.75) is 33.2 Å². The van der Waals surface area contributed by atoms with Crippen molar-refractivity contribution in [2.75, 3.05) is 7.11 Å². The molecule has 2 rings (SSSR count). The van der Waals surface area contributed by atoms with Gasteiger partial charge in [0, 0.05) is 29.1 Å². The Hall–Kier alpha value is -1.97. The molecule has 1 aromatic heterocycles. The van der Waals surface area contributed by atoms with Crippen LogP contribution in [0.3, 0.4) is 0 Å². The minimum Gasteiger partial charge on any atom is -0.497 e. The lowest BCUT2D eigenvalue weighted by molar-refractivity contribution is -0.141. The van der Waals surface area contributed by atoms with Crippen LogP contribution in [0.15, 0.2) is 24.3 Å². The predicted molar refractivity (Wildman–Crippen MR) is 79.4 cm³/mol. The SMILES string of the molecule is COc1ccc2c(c1)cc(CC(C)C(=O)O)n2C(C)C. The van der Waals surface area contributed by atoms with E-state index in [1.165, 1.54) is 0 Å². The van der Waals surface area contributed by atoms with Crippen LogP contribution in [0.2, 0.25) is 0 Å². The molecule has 1 N–H and O–H groups in total. The second-order valence-electron chi connectivity index (χ2n) is 5.47. The summed E-state index contributed by atoms with van der Waals surface area (Å²) in [6.07, 6.45) is 0.532. The first-order chi connectivity index (χ1) is 9.43. The molecular formula is C16H21NO3. The Morgan fingerprint density at radius 3 is 2.55 bits per heavy atom. The highest BCUT2D eigenvalue weighted by Crippen LogP contribution is 2.28. The van der Waals surface area contributed by atoms with Crippen molar-refractivity contribution in [2.24, 2.45) is 5.92 Å². The van der Waals surface area contributed by atoms with E-state index in [0.717, 1.165) is 22.3 Å². The summed E-state index contributed by atoms with van der Waals surface area (Å²) in [4.78, 5) is 11.1. The molecule has 108 valence electrons. The highest BCUT2D eigenvalue weighted by Gasteiger charge is 2.18. The first-order valence-electron chi connectivity index (χ1n) is 6.84. The van der Waals surface area contributed by atoms with Crippen molar-refractivity contribution in [1.82, 2.24) is 4.57 Å². The van der Waals surface area contributed by atoms with Gasteiger partial charge in [-0.25, -0.2) is 0 Å². The maximum Gasteiger partial charge on any atom is 0.306 e. The van der Waals surface area contributed by atoms with Gasteiger partial charge < -0.3 is 14.4 Å². The fourth-order valence-corrected chi connectivity index (χ4v) is 2.57. The number of carbonyl (C=O) groups is 1. The molecule has 0 spiro atoms. The molecule has 0 saturated heterocycles. The van der Waals surface area contributed by atoms with Crippen LogP contribution >= 0.6 is 0 Å². The van der Waals surface area contributed by atoms with Crippen molar-refractivity contribution in [3.8, 4) is 5.75 Å². The van der Waals surface area contributed by atoms with Crippen LogP contribution in [0.25, 0.3) is 10.9 Å². The lowest BCUT2D eigenvalue weighted by Gasteiger charge is -2.16. The maximum absolute atomic E-state index is 11.1. The minimum atomic E-state index is -0.761. The summed E-state index contributed by atoms with van der Waals surface area (Å²) in [5.74, 6) is -0.335. The van der Waals surface area contributed by atoms with Crippen LogP contribution in [-0.4, -0.2) is 22.8 Å². The van der Waals surface area contributed by atoms with Gasteiger partial charge >= 0.3 is 5.97 Å². The van der Waals surface area contributed by atoms with E-state index in [-0.39, 0.29) is 6.04 Å². The van der Waals surface area contributed by atoms with Gasteiger partial charge in [-0.1, -0.05) is 6.92 Å². The number of aromatic nitrogens is 1. The van der Waals surface area contributed by atoms with Gasteiger partial charge in [0.25, 0.3) is 0 Å². The highest BCUT2D eigenvalue weighted by molar-refractivity contribution is 5.83. The normalized spacial score (nSPS) is 12.8. The van der Waals surface area contributed by atoms with E-state index in [2.05, 4.69) is 24.5 Å². The molecule has 1 heterocycles. The molecule has 0 bridgehead atoms. The predicted octanol–water partition coefficient (Wildman–Crippen LogP) is 3.49. The standard InChI is InChI=1S/C16H21NO3/c1-10(2)17-13(7-11(3)16(18)19)8-12-9-14(20-4)5-6-15(12)17/h5-6,8-11H,7H2,1-4H3,(H,18,19). The molecule has 0 fully saturated rings. The van der Waals surface area contributed by atoms with E-state index in [9.17, 15) is 4.79 Å². The number of rotatable bonds is 5. The third kappa shape index (κ3) is 2.64. The fraction of sp³-hybridized carbons (Fsp3) is 0.438. The molecule has 1 aromatic carbocycles. The van der Waals surface area contributed by atoms with Crippen LogP contribution < -0.4 is 4.74 Å². The molecule has 20 heavy (non-hydrogen) atoms. The van der Waals surface area contributed by atoms with E-state index in [4.69, 9.17) is 9.84 Å². The lowest BCUT2D eigenvalue weighted by atomic mass is 10.1. The molecule has 1 unspecified atom stereocenters. The first kappa shape index (κ1) is 14.4. The van der Waals surface area contributed by atoms with Gasteiger partial charge in [-0.3, -0.25) is 4.79 Å². The van der Waals surface area contributed by atoms with Gasteiger partial charge in [-0.05, 0) is 38.1 Å². The van der Waals surface area contributed by atoms with Crippen LogP contribution in [-0.2, 0) is 11.2 Å². The second-order valence-corrected chi connectivity index (χ2v) is 5.47. The Balaban J connectivity index is 2.52. The summed E-state index contributed by atoms with van der Waals surface area (Å²) < 4.78 is 7.45. The number of methoxy groups -OCH3 is 1. The molecule has 0 aliphatic heterocycles. The average molecular weight is 275 g/mol. The number of ether oxygens (including phenoxy) is 1. The summed E-state index contributed by atoms with van der Waals surface area (Å²) in [5.41, 5.74) is 2.17. The van der Waals surface area contributed by atoms with Gasteiger partial charge in [0.2, 0.25) is 0 Å². The third-order valence-corrected chi connectivity index (χ3v) is 3.58. The average Bonchev–Trinajstić information content (AvgIpc) is 2.75. The molecule has 0 radical (unpaired) electrons. The Morgan fingerprint density at radius 1 is 1.30 bits per heavy atom. The minimum absolute atomic E-state index is 0.289. The number of carboxylic acid groups (broad SMARTS) is 1. The van der Waals surface area contributed by atoms with Crippen molar-refractivity contribution in [1.29, 1.82) is 0 Å². The Morgan fingerprint density at radius 2 is 2.00 bits per heavy atom. The van der Waals surface area contributed by atoms with E-state index >= 15 is 0 Å². The summed E-state index contributed by atoms with van der Waals surface area (Å²) in [6, 6.07) is 8.31. The zero-order chi connectivity index (χ0) is 14.9. The van der Waals surface area contributed by atoms with Gasteiger partial charge in [-0.15, -0.1) is 0 Å². The summed E-state index contributed by atoms with van der Waals surface area (Å²) in [6.45, 7) is 5.96. The van der Waals surface area contributed by atoms with Gasteiger partial charge in [-0.2, -0.15) is 0 Å². The van der Waals surface area contributed by atoms with Crippen molar-refractivity contribution in [3.63, 3.8) is 0 Å². The van der Waals surface area contributed by atoms with E-state index in [1.54, 1.807) is 14.0 Å². The monoisotopic (exact) mass is 275 g/mol. The van der Waals surface area contributed by atoms with Crippen molar-refractivity contribution >= 4 is 16.9 Å².